The molecule has 1 heterocycles. The molecule has 1 unspecified atom stereocenters. The highest BCUT2D eigenvalue weighted by atomic mass is 35.5. The Morgan fingerprint density at radius 1 is 1.40 bits per heavy atom. The molecule has 1 aromatic rings. The zero-order valence-electron chi connectivity index (χ0n) is 8.46. The first-order valence-electron chi connectivity index (χ1n) is 5.40. The Labute approximate surface area is 94.3 Å². The van der Waals surface area contributed by atoms with Crippen LogP contribution in [0.25, 0.3) is 0 Å². The van der Waals surface area contributed by atoms with Gasteiger partial charge in [-0.3, -0.25) is 0 Å². The van der Waals surface area contributed by atoms with Crippen molar-refractivity contribution in [3.8, 4) is 0 Å². The van der Waals surface area contributed by atoms with E-state index in [1.165, 1.54) is 18.4 Å². The topological polar surface area (TPSA) is 32.3 Å². The van der Waals surface area contributed by atoms with Gasteiger partial charge in [0.2, 0.25) is 0 Å². The molecule has 15 heavy (non-hydrogen) atoms. The SMILES string of the molecule is OC1CNCC2(CC2)c2ccc(Cl)cc21. The largest absolute Gasteiger partial charge is 0.387 e. The number of aliphatic hydroxyl groups is 1. The minimum Gasteiger partial charge on any atom is -0.387 e. The lowest BCUT2D eigenvalue weighted by Crippen LogP contribution is -2.25. The van der Waals surface area contributed by atoms with Crippen molar-refractivity contribution in [2.45, 2.75) is 24.4 Å². The van der Waals surface area contributed by atoms with Gasteiger partial charge in [0.15, 0.2) is 0 Å². The Hall–Kier alpha value is -0.570. The van der Waals surface area contributed by atoms with E-state index in [1.54, 1.807) is 0 Å². The summed E-state index contributed by atoms with van der Waals surface area (Å²) in [6, 6.07) is 5.92. The maximum absolute atomic E-state index is 10.0. The van der Waals surface area contributed by atoms with Crippen molar-refractivity contribution in [3.05, 3.63) is 34.3 Å². The summed E-state index contributed by atoms with van der Waals surface area (Å²) in [5.41, 5.74) is 2.60. The van der Waals surface area contributed by atoms with Gasteiger partial charge in [-0.1, -0.05) is 17.7 Å². The molecular formula is C12H14ClNO. The number of hydrogen-bond donors (Lipinski definition) is 2. The van der Waals surface area contributed by atoms with Crippen LogP contribution in [-0.2, 0) is 5.41 Å². The summed E-state index contributed by atoms with van der Waals surface area (Å²) in [7, 11) is 0. The first kappa shape index (κ1) is 9.64. The molecular weight excluding hydrogens is 210 g/mol. The summed E-state index contributed by atoms with van der Waals surface area (Å²) in [4.78, 5) is 0. The normalized spacial score (nSPS) is 27.2. The van der Waals surface area contributed by atoms with E-state index < -0.39 is 6.10 Å². The van der Waals surface area contributed by atoms with Gasteiger partial charge in [0.05, 0.1) is 6.10 Å². The van der Waals surface area contributed by atoms with E-state index in [1.807, 2.05) is 12.1 Å². The van der Waals surface area contributed by atoms with E-state index in [0.29, 0.717) is 11.6 Å². The van der Waals surface area contributed by atoms with Crippen molar-refractivity contribution in [1.29, 1.82) is 0 Å². The Morgan fingerprint density at radius 3 is 2.93 bits per heavy atom. The van der Waals surface area contributed by atoms with Crippen molar-refractivity contribution >= 4 is 11.6 Å². The van der Waals surface area contributed by atoms with Crippen molar-refractivity contribution < 1.29 is 5.11 Å². The number of halogens is 1. The Kier molecular flexibility index (Phi) is 2.06. The summed E-state index contributed by atoms with van der Waals surface area (Å²) in [5.74, 6) is 0. The summed E-state index contributed by atoms with van der Waals surface area (Å²) in [6.07, 6.45) is 2.03. The zero-order valence-corrected chi connectivity index (χ0v) is 9.22. The molecule has 2 nitrogen and oxygen atoms in total. The van der Waals surface area contributed by atoms with Gasteiger partial charge >= 0.3 is 0 Å². The summed E-state index contributed by atoms with van der Waals surface area (Å²) >= 11 is 5.98. The molecule has 1 saturated carbocycles. The lowest BCUT2D eigenvalue weighted by molar-refractivity contribution is 0.178. The lowest BCUT2D eigenvalue weighted by atomic mass is 9.90. The molecule has 1 atom stereocenters. The molecule has 1 aromatic carbocycles. The van der Waals surface area contributed by atoms with E-state index in [0.717, 1.165) is 12.1 Å². The quantitative estimate of drug-likeness (QED) is 0.705. The molecule has 1 aliphatic heterocycles. The summed E-state index contributed by atoms with van der Waals surface area (Å²) in [5, 5.41) is 14.0. The molecule has 80 valence electrons. The van der Waals surface area contributed by atoms with Gasteiger partial charge in [-0.25, -0.2) is 0 Å². The molecule has 3 rings (SSSR count). The molecule has 1 fully saturated rings. The third-order valence-corrected chi connectivity index (χ3v) is 3.83. The van der Waals surface area contributed by atoms with E-state index in [9.17, 15) is 5.11 Å². The van der Waals surface area contributed by atoms with E-state index in [-0.39, 0.29) is 5.41 Å². The predicted octanol–water partition coefficient (Wildman–Crippen LogP) is 2.01. The minimum atomic E-state index is -0.418. The number of nitrogens with one attached hydrogen (secondary N) is 1. The standard InChI is InChI=1S/C12H14ClNO/c13-8-1-2-10-9(5-8)11(15)6-14-7-12(10)3-4-12/h1-2,5,11,14-15H,3-4,6-7H2. The van der Waals surface area contributed by atoms with Crippen LogP contribution in [0.3, 0.4) is 0 Å². The molecule has 0 amide bonds. The van der Waals surface area contributed by atoms with Crippen LogP contribution in [0.4, 0.5) is 0 Å². The highest BCUT2D eigenvalue weighted by Gasteiger charge is 2.46. The molecule has 0 bridgehead atoms. The second kappa shape index (κ2) is 3.21. The van der Waals surface area contributed by atoms with Crippen molar-refractivity contribution in [1.82, 2.24) is 5.32 Å². The summed E-state index contributed by atoms with van der Waals surface area (Å²) in [6.45, 7) is 1.62. The second-order valence-electron chi connectivity index (χ2n) is 4.66. The van der Waals surface area contributed by atoms with Gasteiger partial charge in [0, 0.05) is 23.5 Å². The van der Waals surface area contributed by atoms with Gasteiger partial charge in [-0.15, -0.1) is 0 Å². The van der Waals surface area contributed by atoms with Crippen LogP contribution in [0.15, 0.2) is 18.2 Å². The summed E-state index contributed by atoms with van der Waals surface area (Å²) < 4.78 is 0. The second-order valence-corrected chi connectivity index (χ2v) is 5.10. The molecule has 0 saturated heterocycles. The van der Waals surface area contributed by atoms with Gasteiger partial charge in [-0.05, 0) is 36.1 Å². The van der Waals surface area contributed by atoms with Crippen LogP contribution in [-0.4, -0.2) is 18.2 Å². The lowest BCUT2D eigenvalue weighted by Gasteiger charge is -2.16. The number of β-amino-alcohol motifs (C(OH)–C–C–N with tert-alkyl or cyclic N) is 1. The monoisotopic (exact) mass is 223 g/mol. The smallest absolute Gasteiger partial charge is 0.0917 e. The van der Waals surface area contributed by atoms with Crippen LogP contribution < -0.4 is 5.32 Å². The van der Waals surface area contributed by atoms with Crippen molar-refractivity contribution in [2.75, 3.05) is 13.1 Å². The minimum absolute atomic E-state index is 0.289. The number of rotatable bonds is 0. The van der Waals surface area contributed by atoms with Crippen LogP contribution >= 0.6 is 11.6 Å². The fourth-order valence-corrected chi connectivity index (χ4v) is 2.72. The Balaban J connectivity index is 2.15. The highest BCUT2D eigenvalue weighted by molar-refractivity contribution is 6.30. The molecule has 0 radical (unpaired) electrons. The van der Waals surface area contributed by atoms with Crippen molar-refractivity contribution in [2.24, 2.45) is 0 Å². The number of hydrogen-bond acceptors (Lipinski definition) is 2. The fraction of sp³-hybridized carbons (Fsp3) is 0.500. The van der Waals surface area contributed by atoms with E-state index >= 15 is 0 Å². The third-order valence-electron chi connectivity index (χ3n) is 3.60. The van der Waals surface area contributed by atoms with E-state index in [4.69, 9.17) is 11.6 Å². The Bertz CT molecular complexity index is 401. The first-order chi connectivity index (χ1) is 7.21. The Morgan fingerprint density at radius 2 is 2.20 bits per heavy atom. The number of benzene rings is 1. The third kappa shape index (κ3) is 1.48. The molecule has 2 N–H and O–H groups in total. The average molecular weight is 224 g/mol. The van der Waals surface area contributed by atoms with E-state index in [2.05, 4.69) is 11.4 Å². The number of aliphatic hydroxyl groups excluding tert-OH is 1. The molecule has 1 spiro atoms. The van der Waals surface area contributed by atoms with Crippen LogP contribution in [0.5, 0.6) is 0 Å². The predicted molar refractivity (Wildman–Crippen MR) is 60.2 cm³/mol. The molecule has 0 aromatic heterocycles. The fourth-order valence-electron chi connectivity index (χ4n) is 2.54. The van der Waals surface area contributed by atoms with Gasteiger partial charge in [0.1, 0.15) is 0 Å². The maximum Gasteiger partial charge on any atom is 0.0917 e. The molecule has 1 aliphatic carbocycles. The molecule has 3 heteroatoms. The van der Waals surface area contributed by atoms with Crippen LogP contribution in [0.2, 0.25) is 5.02 Å². The van der Waals surface area contributed by atoms with Crippen LogP contribution in [0.1, 0.15) is 30.1 Å². The van der Waals surface area contributed by atoms with Gasteiger partial charge < -0.3 is 10.4 Å². The van der Waals surface area contributed by atoms with Crippen molar-refractivity contribution in [3.63, 3.8) is 0 Å². The maximum atomic E-state index is 10.0. The molecule has 2 aliphatic rings. The first-order valence-corrected chi connectivity index (χ1v) is 5.78. The average Bonchev–Trinajstić information content (AvgIpc) is 2.99. The van der Waals surface area contributed by atoms with Gasteiger partial charge in [0.25, 0.3) is 0 Å². The highest BCUT2D eigenvalue weighted by Crippen LogP contribution is 2.51. The number of fused-ring (bicyclic) bond motifs is 2. The zero-order chi connectivity index (χ0) is 10.5. The van der Waals surface area contributed by atoms with Crippen LogP contribution in [0, 0.1) is 0 Å². The van der Waals surface area contributed by atoms with Gasteiger partial charge in [-0.2, -0.15) is 0 Å².